The summed E-state index contributed by atoms with van der Waals surface area (Å²) >= 11 is 0. The fourth-order valence-corrected chi connectivity index (χ4v) is 6.31. The SMILES string of the molecule is CCC1CN(C(=O)CN2CCN(S(=O)(=O)c3c(C)c(C)cc(C)c3C)CC2)CCO1. The Morgan fingerprint density at radius 1 is 1.03 bits per heavy atom. The quantitative estimate of drug-likeness (QED) is 0.703. The molecule has 2 fully saturated rings. The first kappa shape index (κ1) is 23.2. The molecule has 2 saturated heterocycles. The Kier molecular flexibility index (Phi) is 7.22. The molecule has 168 valence electrons. The Balaban J connectivity index is 1.64. The molecule has 30 heavy (non-hydrogen) atoms. The summed E-state index contributed by atoms with van der Waals surface area (Å²) in [5, 5.41) is 0. The third-order valence-electron chi connectivity index (χ3n) is 6.53. The first-order valence-electron chi connectivity index (χ1n) is 10.8. The minimum atomic E-state index is -3.56. The Morgan fingerprint density at radius 2 is 1.63 bits per heavy atom. The number of nitrogens with zero attached hydrogens (tertiary/aromatic N) is 3. The van der Waals surface area contributed by atoms with E-state index >= 15 is 0 Å². The van der Waals surface area contributed by atoms with Crippen LogP contribution in [0.25, 0.3) is 0 Å². The van der Waals surface area contributed by atoms with Crippen molar-refractivity contribution in [1.82, 2.24) is 14.1 Å². The summed E-state index contributed by atoms with van der Waals surface area (Å²) in [5.41, 5.74) is 3.65. The number of carbonyl (C=O) groups excluding carboxylic acids is 1. The first-order chi connectivity index (χ1) is 14.1. The normalized spacial score (nSPS) is 21.8. The number of hydrogen-bond donors (Lipinski definition) is 0. The number of benzene rings is 1. The molecule has 1 unspecified atom stereocenters. The highest BCUT2D eigenvalue weighted by atomic mass is 32.2. The number of carbonyl (C=O) groups is 1. The van der Waals surface area contributed by atoms with Gasteiger partial charge in [-0.3, -0.25) is 9.69 Å². The summed E-state index contributed by atoms with van der Waals surface area (Å²) in [6.45, 7) is 13.9. The number of amides is 1. The molecule has 2 aliphatic rings. The van der Waals surface area contributed by atoms with Crippen LogP contribution < -0.4 is 0 Å². The molecule has 2 aliphatic heterocycles. The third-order valence-corrected chi connectivity index (χ3v) is 8.71. The average Bonchev–Trinajstić information content (AvgIpc) is 2.72. The van der Waals surface area contributed by atoms with Crippen molar-refractivity contribution in [3.8, 4) is 0 Å². The molecule has 0 bridgehead atoms. The van der Waals surface area contributed by atoms with E-state index in [1.165, 1.54) is 0 Å². The molecule has 0 aromatic heterocycles. The van der Waals surface area contributed by atoms with E-state index in [0.717, 1.165) is 28.7 Å². The van der Waals surface area contributed by atoms with Gasteiger partial charge in [-0.15, -0.1) is 0 Å². The zero-order valence-corrected chi connectivity index (χ0v) is 19.7. The van der Waals surface area contributed by atoms with E-state index in [1.54, 1.807) is 4.31 Å². The van der Waals surface area contributed by atoms with Gasteiger partial charge < -0.3 is 9.64 Å². The molecule has 2 heterocycles. The molecule has 0 N–H and O–H groups in total. The summed E-state index contributed by atoms with van der Waals surface area (Å²) in [4.78, 5) is 17.1. The fourth-order valence-electron chi connectivity index (χ4n) is 4.31. The highest BCUT2D eigenvalue weighted by Crippen LogP contribution is 2.29. The minimum Gasteiger partial charge on any atom is -0.375 e. The smallest absolute Gasteiger partial charge is 0.243 e. The van der Waals surface area contributed by atoms with Gasteiger partial charge in [-0.25, -0.2) is 8.42 Å². The molecule has 1 amide bonds. The first-order valence-corrected chi connectivity index (χ1v) is 12.3. The lowest BCUT2D eigenvalue weighted by Gasteiger charge is -2.37. The van der Waals surface area contributed by atoms with Crippen LogP contribution in [0.5, 0.6) is 0 Å². The predicted octanol–water partition coefficient (Wildman–Crippen LogP) is 1.86. The van der Waals surface area contributed by atoms with E-state index in [-0.39, 0.29) is 12.0 Å². The van der Waals surface area contributed by atoms with Crippen LogP contribution in [0.2, 0.25) is 0 Å². The molecule has 3 rings (SSSR count). The van der Waals surface area contributed by atoms with Crippen LogP contribution >= 0.6 is 0 Å². The Hall–Kier alpha value is -1.48. The number of rotatable bonds is 5. The number of aryl methyl sites for hydroxylation is 2. The van der Waals surface area contributed by atoms with E-state index in [9.17, 15) is 13.2 Å². The molecule has 1 aromatic rings. The van der Waals surface area contributed by atoms with Gasteiger partial charge in [-0.2, -0.15) is 4.31 Å². The van der Waals surface area contributed by atoms with Gasteiger partial charge in [0.2, 0.25) is 15.9 Å². The van der Waals surface area contributed by atoms with Crippen molar-refractivity contribution in [2.45, 2.75) is 52.0 Å². The van der Waals surface area contributed by atoms with Crippen LogP contribution in [-0.4, -0.2) is 87.0 Å². The van der Waals surface area contributed by atoms with Crippen LogP contribution in [0.3, 0.4) is 0 Å². The van der Waals surface area contributed by atoms with Gasteiger partial charge in [0.15, 0.2) is 0 Å². The van der Waals surface area contributed by atoms with Gasteiger partial charge in [-0.1, -0.05) is 13.0 Å². The molecule has 0 radical (unpaired) electrons. The van der Waals surface area contributed by atoms with Crippen LogP contribution in [-0.2, 0) is 19.6 Å². The predicted molar refractivity (Wildman–Crippen MR) is 117 cm³/mol. The van der Waals surface area contributed by atoms with Crippen molar-refractivity contribution in [3.63, 3.8) is 0 Å². The summed E-state index contributed by atoms with van der Waals surface area (Å²) in [7, 11) is -3.56. The van der Waals surface area contributed by atoms with Crippen LogP contribution in [0.15, 0.2) is 11.0 Å². The van der Waals surface area contributed by atoms with E-state index in [2.05, 4.69) is 11.8 Å². The summed E-state index contributed by atoms with van der Waals surface area (Å²) in [6.07, 6.45) is 1.02. The second kappa shape index (κ2) is 9.34. The van der Waals surface area contributed by atoms with Gasteiger partial charge in [0.25, 0.3) is 0 Å². The number of piperazine rings is 1. The van der Waals surface area contributed by atoms with Gasteiger partial charge in [-0.05, 0) is 56.4 Å². The highest BCUT2D eigenvalue weighted by Gasteiger charge is 2.33. The van der Waals surface area contributed by atoms with Crippen LogP contribution in [0, 0.1) is 27.7 Å². The van der Waals surface area contributed by atoms with Gasteiger partial charge in [0.1, 0.15) is 0 Å². The van der Waals surface area contributed by atoms with Crippen molar-refractivity contribution in [2.24, 2.45) is 0 Å². The van der Waals surface area contributed by atoms with Gasteiger partial charge >= 0.3 is 0 Å². The zero-order chi connectivity index (χ0) is 22.1. The minimum absolute atomic E-state index is 0.106. The van der Waals surface area contributed by atoms with E-state index in [4.69, 9.17) is 4.74 Å². The number of hydrogen-bond acceptors (Lipinski definition) is 5. The third kappa shape index (κ3) is 4.72. The molecule has 1 atom stereocenters. The topological polar surface area (TPSA) is 70.2 Å². The van der Waals surface area contributed by atoms with Gasteiger partial charge in [0.05, 0.1) is 24.2 Å². The molecular formula is C22H35N3O4S. The Morgan fingerprint density at radius 3 is 2.20 bits per heavy atom. The Labute approximate surface area is 181 Å². The van der Waals surface area contributed by atoms with Crippen molar-refractivity contribution in [2.75, 3.05) is 52.4 Å². The lowest BCUT2D eigenvalue weighted by molar-refractivity contribution is -0.140. The average molecular weight is 438 g/mol. The maximum absolute atomic E-state index is 13.4. The second-order valence-corrected chi connectivity index (χ2v) is 10.4. The lowest BCUT2D eigenvalue weighted by Crippen LogP contribution is -2.53. The molecule has 0 saturated carbocycles. The van der Waals surface area contributed by atoms with E-state index < -0.39 is 10.0 Å². The molecule has 0 aliphatic carbocycles. The lowest BCUT2D eigenvalue weighted by atomic mass is 10.0. The maximum Gasteiger partial charge on any atom is 0.243 e. The van der Waals surface area contributed by atoms with E-state index in [1.807, 2.05) is 38.7 Å². The largest absolute Gasteiger partial charge is 0.375 e. The van der Waals surface area contributed by atoms with Crippen molar-refractivity contribution in [3.05, 3.63) is 28.3 Å². The molecular weight excluding hydrogens is 402 g/mol. The maximum atomic E-state index is 13.4. The van der Waals surface area contributed by atoms with Crippen LogP contribution in [0.1, 0.15) is 35.6 Å². The molecule has 8 heteroatoms. The standard InChI is InChI=1S/C22H35N3O4S/c1-6-20-14-24(11-12-29-20)21(26)15-23-7-9-25(10-8-23)30(27,28)22-18(4)16(2)13-17(3)19(22)5/h13,20H,6-12,14-15H2,1-5H3. The van der Waals surface area contributed by atoms with Crippen molar-refractivity contribution >= 4 is 15.9 Å². The molecule has 0 spiro atoms. The molecule has 7 nitrogen and oxygen atoms in total. The fraction of sp³-hybridized carbons (Fsp3) is 0.682. The van der Waals surface area contributed by atoms with E-state index in [0.29, 0.717) is 57.3 Å². The van der Waals surface area contributed by atoms with Crippen molar-refractivity contribution < 1.29 is 17.9 Å². The number of ether oxygens (including phenoxy) is 1. The summed E-state index contributed by atoms with van der Waals surface area (Å²) < 4.78 is 34.0. The monoisotopic (exact) mass is 437 g/mol. The van der Waals surface area contributed by atoms with Crippen molar-refractivity contribution in [1.29, 1.82) is 0 Å². The van der Waals surface area contributed by atoms with Crippen LogP contribution in [0.4, 0.5) is 0 Å². The molecule has 1 aromatic carbocycles. The summed E-state index contributed by atoms with van der Waals surface area (Å²) in [6, 6.07) is 2.04. The highest BCUT2D eigenvalue weighted by molar-refractivity contribution is 7.89. The summed E-state index contributed by atoms with van der Waals surface area (Å²) in [5.74, 6) is 0.106. The number of sulfonamides is 1. The second-order valence-electron chi connectivity index (χ2n) is 8.51. The zero-order valence-electron chi connectivity index (χ0n) is 18.9. The Bertz CT molecular complexity index is 866. The van der Waals surface area contributed by atoms with Gasteiger partial charge in [0, 0.05) is 39.3 Å². The number of morpholine rings is 1.